The summed E-state index contributed by atoms with van der Waals surface area (Å²) >= 11 is 6.09. The summed E-state index contributed by atoms with van der Waals surface area (Å²) in [6.07, 6.45) is 4.52. The van der Waals surface area contributed by atoms with Crippen LogP contribution in [0.15, 0.2) is 6.07 Å². The van der Waals surface area contributed by atoms with Crippen molar-refractivity contribution in [1.82, 2.24) is 4.98 Å². The highest BCUT2D eigenvalue weighted by atomic mass is 35.5. The minimum atomic E-state index is 0.381. The third-order valence-corrected chi connectivity index (χ3v) is 3.00. The van der Waals surface area contributed by atoms with Crippen LogP contribution in [0.5, 0.6) is 0 Å². The number of rotatable bonds is 0. The first-order chi connectivity index (χ1) is 5.75. The molecule has 12 heavy (non-hydrogen) atoms. The van der Waals surface area contributed by atoms with Crippen LogP contribution in [-0.2, 0) is 12.8 Å². The lowest BCUT2D eigenvalue weighted by Crippen LogP contribution is -1.97. The highest BCUT2D eigenvalue weighted by Gasteiger charge is 2.15. The summed E-state index contributed by atoms with van der Waals surface area (Å²) < 4.78 is 0. The Morgan fingerprint density at radius 1 is 1.42 bits per heavy atom. The van der Waals surface area contributed by atoms with Crippen LogP contribution >= 0.6 is 11.6 Å². The predicted octanol–water partition coefficient (Wildman–Crippen LogP) is 2.81. The average molecular weight is 184 g/mol. The van der Waals surface area contributed by atoms with Crippen molar-refractivity contribution < 1.29 is 0 Å². The van der Waals surface area contributed by atoms with Crippen molar-refractivity contribution in [1.29, 1.82) is 0 Å². The largest absolute Gasteiger partial charge is 0.362 e. The topological polar surface area (TPSA) is 15.8 Å². The van der Waals surface area contributed by atoms with E-state index < -0.39 is 0 Å². The molecule has 1 heterocycles. The first-order valence-electron chi connectivity index (χ1n) is 4.57. The standard InChI is InChI=1S/C10H14ClN/c1-7-6-8-2-3-9(11)4-5-10(8)12-7/h6,9,12H,2-5H2,1H3. The van der Waals surface area contributed by atoms with Gasteiger partial charge in [0.05, 0.1) is 0 Å². The van der Waals surface area contributed by atoms with Crippen molar-refractivity contribution >= 4 is 11.6 Å². The normalized spacial score (nSPS) is 23.3. The summed E-state index contributed by atoms with van der Waals surface area (Å²) in [5, 5.41) is 0.381. The smallest absolute Gasteiger partial charge is 0.0343 e. The van der Waals surface area contributed by atoms with E-state index in [1.807, 2.05) is 0 Å². The fourth-order valence-corrected chi connectivity index (χ4v) is 2.12. The maximum Gasteiger partial charge on any atom is 0.0343 e. The molecule has 1 aliphatic rings. The Morgan fingerprint density at radius 3 is 3.00 bits per heavy atom. The monoisotopic (exact) mass is 183 g/mol. The van der Waals surface area contributed by atoms with Gasteiger partial charge in [0.1, 0.15) is 0 Å². The molecular weight excluding hydrogens is 170 g/mol. The van der Waals surface area contributed by atoms with Gasteiger partial charge in [-0.05, 0) is 44.2 Å². The molecule has 1 aromatic rings. The van der Waals surface area contributed by atoms with Gasteiger partial charge < -0.3 is 4.98 Å². The maximum absolute atomic E-state index is 6.09. The highest BCUT2D eigenvalue weighted by Crippen LogP contribution is 2.23. The number of alkyl halides is 1. The summed E-state index contributed by atoms with van der Waals surface area (Å²) in [6, 6.07) is 2.25. The number of aromatic nitrogens is 1. The number of fused-ring (bicyclic) bond motifs is 1. The van der Waals surface area contributed by atoms with Gasteiger partial charge in [0.2, 0.25) is 0 Å². The summed E-state index contributed by atoms with van der Waals surface area (Å²) in [7, 11) is 0. The Morgan fingerprint density at radius 2 is 2.17 bits per heavy atom. The SMILES string of the molecule is Cc1cc2c([nH]1)CCC(Cl)CC2. The molecule has 0 bridgehead atoms. The van der Waals surface area contributed by atoms with E-state index in [0.717, 1.165) is 25.7 Å². The molecule has 0 spiro atoms. The van der Waals surface area contributed by atoms with E-state index in [9.17, 15) is 0 Å². The fourth-order valence-electron chi connectivity index (χ4n) is 1.91. The van der Waals surface area contributed by atoms with Gasteiger partial charge in [-0.25, -0.2) is 0 Å². The third kappa shape index (κ3) is 1.51. The van der Waals surface area contributed by atoms with Gasteiger partial charge in [-0.2, -0.15) is 0 Å². The van der Waals surface area contributed by atoms with Gasteiger partial charge in [0.25, 0.3) is 0 Å². The molecule has 2 heteroatoms. The molecule has 0 fully saturated rings. The molecule has 1 N–H and O–H groups in total. The van der Waals surface area contributed by atoms with Crippen LogP contribution in [0.4, 0.5) is 0 Å². The summed E-state index contributed by atoms with van der Waals surface area (Å²) in [5.74, 6) is 0. The summed E-state index contributed by atoms with van der Waals surface area (Å²) in [4.78, 5) is 3.40. The van der Waals surface area contributed by atoms with Crippen molar-refractivity contribution in [2.75, 3.05) is 0 Å². The van der Waals surface area contributed by atoms with E-state index in [0.29, 0.717) is 5.38 Å². The molecule has 0 saturated heterocycles. The van der Waals surface area contributed by atoms with Gasteiger partial charge >= 0.3 is 0 Å². The number of hydrogen-bond acceptors (Lipinski definition) is 0. The fraction of sp³-hybridized carbons (Fsp3) is 0.600. The maximum atomic E-state index is 6.09. The van der Waals surface area contributed by atoms with Gasteiger partial charge in [-0.1, -0.05) is 0 Å². The lowest BCUT2D eigenvalue weighted by Gasteiger charge is -2.01. The predicted molar refractivity (Wildman–Crippen MR) is 51.8 cm³/mol. The molecule has 1 atom stereocenters. The van der Waals surface area contributed by atoms with Crippen LogP contribution < -0.4 is 0 Å². The Balaban J connectivity index is 2.24. The van der Waals surface area contributed by atoms with Crippen LogP contribution in [-0.4, -0.2) is 10.4 Å². The summed E-state index contributed by atoms with van der Waals surface area (Å²) in [5.41, 5.74) is 4.18. The van der Waals surface area contributed by atoms with E-state index >= 15 is 0 Å². The van der Waals surface area contributed by atoms with E-state index in [1.165, 1.54) is 17.0 Å². The lowest BCUT2D eigenvalue weighted by atomic mass is 10.1. The molecule has 1 unspecified atom stereocenters. The second-order valence-corrected chi connectivity index (χ2v) is 4.25. The van der Waals surface area contributed by atoms with E-state index in [2.05, 4.69) is 18.0 Å². The zero-order valence-electron chi connectivity index (χ0n) is 7.36. The van der Waals surface area contributed by atoms with Crippen molar-refractivity contribution in [3.63, 3.8) is 0 Å². The van der Waals surface area contributed by atoms with Crippen molar-refractivity contribution in [3.8, 4) is 0 Å². The van der Waals surface area contributed by atoms with Crippen molar-refractivity contribution in [2.24, 2.45) is 0 Å². The Labute approximate surface area is 78.1 Å². The average Bonchev–Trinajstić information content (AvgIpc) is 2.31. The molecule has 0 aromatic carbocycles. The Kier molecular flexibility index (Phi) is 2.14. The number of halogens is 1. The van der Waals surface area contributed by atoms with Crippen molar-refractivity contribution in [3.05, 3.63) is 23.0 Å². The molecule has 0 saturated carbocycles. The number of nitrogens with one attached hydrogen (secondary N) is 1. The van der Waals surface area contributed by atoms with Gasteiger partial charge in [0.15, 0.2) is 0 Å². The van der Waals surface area contributed by atoms with E-state index in [1.54, 1.807) is 0 Å². The number of H-pyrrole nitrogens is 1. The van der Waals surface area contributed by atoms with Crippen LogP contribution in [0.1, 0.15) is 29.8 Å². The number of hydrogen-bond donors (Lipinski definition) is 1. The molecule has 0 aliphatic heterocycles. The van der Waals surface area contributed by atoms with Crippen LogP contribution in [0, 0.1) is 6.92 Å². The third-order valence-electron chi connectivity index (χ3n) is 2.56. The first-order valence-corrected chi connectivity index (χ1v) is 5.01. The first kappa shape index (κ1) is 8.18. The molecule has 1 aliphatic carbocycles. The number of aromatic amines is 1. The zero-order valence-corrected chi connectivity index (χ0v) is 8.12. The van der Waals surface area contributed by atoms with Gasteiger partial charge in [-0.3, -0.25) is 0 Å². The molecule has 0 radical (unpaired) electrons. The van der Waals surface area contributed by atoms with Crippen molar-refractivity contribution in [2.45, 2.75) is 38.0 Å². The second kappa shape index (κ2) is 3.14. The number of aryl methyl sites for hydroxylation is 3. The zero-order chi connectivity index (χ0) is 8.55. The van der Waals surface area contributed by atoms with E-state index in [-0.39, 0.29) is 0 Å². The van der Waals surface area contributed by atoms with Gasteiger partial charge in [-0.15, -0.1) is 11.6 Å². The summed E-state index contributed by atoms with van der Waals surface area (Å²) in [6.45, 7) is 2.12. The van der Waals surface area contributed by atoms with Gasteiger partial charge in [0, 0.05) is 16.8 Å². The molecular formula is C10H14ClN. The minimum absolute atomic E-state index is 0.381. The van der Waals surface area contributed by atoms with E-state index in [4.69, 9.17) is 11.6 Å². The molecule has 66 valence electrons. The van der Waals surface area contributed by atoms with Crippen LogP contribution in [0.2, 0.25) is 0 Å². The Bertz CT molecular complexity index is 252. The molecule has 0 amide bonds. The Hall–Kier alpha value is -0.430. The molecule has 2 rings (SSSR count). The highest BCUT2D eigenvalue weighted by molar-refractivity contribution is 6.20. The lowest BCUT2D eigenvalue weighted by molar-refractivity contribution is 0.715. The van der Waals surface area contributed by atoms with Crippen LogP contribution in [0.25, 0.3) is 0 Å². The molecule has 1 aromatic heterocycles. The van der Waals surface area contributed by atoms with Crippen LogP contribution in [0.3, 0.4) is 0 Å². The molecule has 1 nitrogen and oxygen atoms in total. The quantitative estimate of drug-likeness (QED) is 0.470. The minimum Gasteiger partial charge on any atom is -0.362 e. The second-order valence-electron chi connectivity index (χ2n) is 3.63.